The average Bonchev–Trinajstić information content (AvgIpc) is 2.58. The zero-order valence-electron chi connectivity index (χ0n) is 12.5. The number of amides is 2. The van der Waals surface area contributed by atoms with Crippen LogP contribution < -0.4 is 15.4 Å². The number of ether oxygens (including phenoxy) is 1. The van der Waals surface area contributed by atoms with Gasteiger partial charge in [0.15, 0.2) is 0 Å². The van der Waals surface area contributed by atoms with E-state index in [2.05, 4.69) is 10.6 Å². The highest BCUT2D eigenvalue weighted by atomic mass is 16.5. The highest BCUT2D eigenvalue weighted by Crippen LogP contribution is 2.12. The van der Waals surface area contributed by atoms with Gasteiger partial charge in [-0.05, 0) is 28.8 Å². The topological polar surface area (TPSA) is 70.6 Å². The number of carbonyl (C=O) groups is 1. The number of urea groups is 1. The number of hydrogen-bond acceptors (Lipinski definition) is 3. The molecule has 0 spiro atoms. The Labute approximate surface area is 129 Å². The standard InChI is InChI=1S/C17H20N2O3/c1-22-16-4-2-3-15(9-16)11-19-17(21)18-10-13-5-7-14(12-20)8-6-13/h2-9,20H,10-12H2,1H3,(H2,18,19,21). The zero-order valence-corrected chi connectivity index (χ0v) is 12.5. The molecule has 0 atom stereocenters. The van der Waals surface area contributed by atoms with Crippen molar-refractivity contribution in [2.24, 2.45) is 0 Å². The van der Waals surface area contributed by atoms with Gasteiger partial charge in [-0.25, -0.2) is 4.79 Å². The van der Waals surface area contributed by atoms with Crippen LogP contribution in [0.4, 0.5) is 4.79 Å². The van der Waals surface area contributed by atoms with E-state index in [0.717, 1.165) is 22.4 Å². The van der Waals surface area contributed by atoms with Gasteiger partial charge in [0.25, 0.3) is 0 Å². The third-order valence-corrected chi connectivity index (χ3v) is 3.25. The Bertz CT molecular complexity index is 612. The lowest BCUT2D eigenvalue weighted by atomic mass is 10.1. The predicted octanol–water partition coefficient (Wildman–Crippen LogP) is 2.19. The summed E-state index contributed by atoms with van der Waals surface area (Å²) in [6, 6.07) is 14.8. The minimum absolute atomic E-state index is 0.0226. The van der Waals surface area contributed by atoms with Crippen LogP contribution in [0.25, 0.3) is 0 Å². The van der Waals surface area contributed by atoms with Crippen molar-refractivity contribution in [3.8, 4) is 5.75 Å². The highest BCUT2D eigenvalue weighted by molar-refractivity contribution is 5.73. The molecule has 0 saturated carbocycles. The van der Waals surface area contributed by atoms with Crippen LogP contribution in [0.2, 0.25) is 0 Å². The highest BCUT2D eigenvalue weighted by Gasteiger charge is 2.02. The van der Waals surface area contributed by atoms with Crippen molar-refractivity contribution >= 4 is 6.03 Å². The molecule has 0 unspecified atom stereocenters. The molecule has 0 aliphatic carbocycles. The van der Waals surface area contributed by atoms with Gasteiger partial charge in [-0.3, -0.25) is 0 Å². The largest absolute Gasteiger partial charge is 0.497 e. The first kappa shape index (κ1) is 15.9. The number of hydrogen-bond donors (Lipinski definition) is 3. The fraction of sp³-hybridized carbons (Fsp3) is 0.235. The molecule has 0 aromatic heterocycles. The monoisotopic (exact) mass is 300 g/mol. The fourth-order valence-corrected chi connectivity index (χ4v) is 1.97. The Morgan fingerprint density at radius 1 is 1.00 bits per heavy atom. The summed E-state index contributed by atoms with van der Waals surface area (Å²) in [4.78, 5) is 11.8. The van der Waals surface area contributed by atoms with Gasteiger partial charge in [0.1, 0.15) is 5.75 Å². The van der Waals surface area contributed by atoms with Crippen molar-refractivity contribution < 1.29 is 14.6 Å². The summed E-state index contributed by atoms with van der Waals surface area (Å²) in [7, 11) is 1.61. The van der Waals surface area contributed by atoms with Crippen LogP contribution in [0.1, 0.15) is 16.7 Å². The zero-order chi connectivity index (χ0) is 15.8. The van der Waals surface area contributed by atoms with Gasteiger partial charge in [-0.15, -0.1) is 0 Å². The number of nitrogens with one attached hydrogen (secondary N) is 2. The van der Waals surface area contributed by atoms with Crippen LogP contribution in [0.3, 0.4) is 0 Å². The average molecular weight is 300 g/mol. The molecule has 22 heavy (non-hydrogen) atoms. The van der Waals surface area contributed by atoms with E-state index in [0.29, 0.717) is 13.1 Å². The maximum Gasteiger partial charge on any atom is 0.315 e. The summed E-state index contributed by atoms with van der Waals surface area (Å²) in [6.07, 6.45) is 0. The summed E-state index contributed by atoms with van der Waals surface area (Å²) in [5.74, 6) is 0.767. The number of benzene rings is 2. The molecule has 2 aromatic carbocycles. The molecule has 5 nitrogen and oxygen atoms in total. The lowest BCUT2D eigenvalue weighted by Crippen LogP contribution is -2.34. The fourth-order valence-electron chi connectivity index (χ4n) is 1.97. The van der Waals surface area contributed by atoms with Gasteiger partial charge >= 0.3 is 6.03 Å². The number of aliphatic hydroxyl groups excluding tert-OH is 1. The third-order valence-electron chi connectivity index (χ3n) is 3.25. The van der Waals surface area contributed by atoms with E-state index in [9.17, 15) is 4.79 Å². The van der Waals surface area contributed by atoms with E-state index >= 15 is 0 Å². The van der Waals surface area contributed by atoms with Crippen molar-refractivity contribution in [1.29, 1.82) is 0 Å². The summed E-state index contributed by atoms with van der Waals surface area (Å²) >= 11 is 0. The molecule has 2 rings (SSSR count). The van der Waals surface area contributed by atoms with Gasteiger partial charge in [-0.1, -0.05) is 36.4 Å². The molecule has 5 heteroatoms. The van der Waals surface area contributed by atoms with Crippen LogP contribution in [0, 0.1) is 0 Å². The first-order chi connectivity index (χ1) is 10.7. The first-order valence-corrected chi connectivity index (χ1v) is 7.04. The van der Waals surface area contributed by atoms with Crippen LogP contribution in [-0.2, 0) is 19.7 Å². The van der Waals surface area contributed by atoms with Crippen LogP contribution in [0.15, 0.2) is 48.5 Å². The van der Waals surface area contributed by atoms with Gasteiger partial charge in [0, 0.05) is 13.1 Å². The second-order valence-electron chi connectivity index (χ2n) is 4.86. The molecule has 0 heterocycles. The Morgan fingerprint density at radius 3 is 2.27 bits per heavy atom. The van der Waals surface area contributed by atoms with E-state index < -0.39 is 0 Å². The second kappa shape index (κ2) is 8.05. The van der Waals surface area contributed by atoms with E-state index in [1.807, 2.05) is 48.5 Å². The molecule has 116 valence electrons. The van der Waals surface area contributed by atoms with Crippen molar-refractivity contribution in [2.45, 2.75) is 19.7 Å². The molecular formula is C17H20N2O3. The van der Waals surface area contributed by atoms with Crippen molar-refractivity contribution in [3.05, 3.63) is 65.2 Å². The van der Waals surface area contributed by atoms with Crippen LogP contribution in [-0.4, -0.2) is 18.2 Å². The molecular weight excluding hydrogens is 280 g/mol. The maximum absolute atomic E-state index is 11.8. The summed E-state index contributed by atoms with van der Waals surface area (Å²) in [5.41, 5.74) is 2.81. The first-order valence-electron chi connectivity index (χ1n) is 7.04. The summed E-state index contributed by atoms with van der Waals surface area (Å²) in [5, 5.41) is 14.6. The van der Waals surface area contributed by atoms with Crippen molar-refractivity contribution in [1.82, 2.24) is 10.6 Å². The Hall–Kier alpha value is -2.53. The Morgan fingerprint density at radius 2 is 1.64 bits per heavy atom. The summed E-state index contributed by atoms with van der Waals surface area (Å²) in [6.45, 7) is 0.900. The molecule has 0 aliphatic rings. The maximum atomic E-state index is 11.8. The normalized spacial score (nSPS) is 10.1. The Balaban J connectivity index is 1.77. The van der Waals surface area contributed by atoms with Gasteiger partial charge in [0.2, 0.25) is 0 Å². The second-order valence-corrected chi connectivity index (χ2v) is 4.86. The molecule has 2 aromatic rings. The number of methoxy groups -OCH3 is 1. The van der Waals surface area contributed by atoms with E-state index in [1.165, 1.54) is 0 Å². The SMILES string of the molecule is COc1cccc(CNC(=O)NCc2ccc(CO)cc2)c1. The number of aliphatic hydroxyl groups is 1. The molecule has 3 N–H and O–H groups in total. The van der Waals surface area contributed by atoms with Gasteiger partial charge in [-0.2, -0.15) is 0 Å². The minimum Gasteiger partial charge on any atom is -0.497 e. The van der Waals surface area contributed by atoms with E-state index in [1.54, 1.807) is 7.11 Å². The Kier molecular flexibility index (Phi) is 5.80. The molecule has 0 fully saturated rings. The molecule has 0 radical (unpaired) electrons. The lowest BCUT2D eigenvalue weighted by Gasteiger charge is -2.09. The molecule has 0 aliphatic heterocycles. The third kappa shape index (κ3) is 4.79. The number of carbonyl (C=O) groups excluding carboxylic acids is 1. The minimum atomic E-state index is -0.228. The molecule has 0 saturated heterocycles. The summed E-state index contributed by atoms with van der Waals surface area (Å²) < 4.78 is 5.14. The van der Waals surface area contributed by atoms with Gasteiger partial charge < -0.3 is 20.5 Å². The van der Waals surface area contributed by atoms with Gasteiger partial charge in [0.05, 0.1) is 13.7 Å². The number of rotatable bonds is 6. The smallest absolute Gasteiger partial charge is 0.315 e. The lowest BCUT2D eigenvalue weighted by molar-refractivity contribution is 0.240. The van der Waals surface area contributed by atoms with Crippen molar-refractivity contribution in [2.75, 3.05) is 7.11 Å². The van der Waals surface area contributed by atoms with E-state index in [-0.39, 0.29) is 12.6 Å². The quantitative estimate of drug-likeness (QED) is 0.766. The van der Waals surface area contributed by atoms with Crippen LogP contribution >= 0.6 is 0 Å². The predicted molar refractivity (Wildman–Crippen MR) is 84.4 cm³/mol. The van der Waals surface area contributed by atoms with Crippen molar-refractivity contribution in [3.63, 3.8) is 0 Å². The molecule has 0 bridgehead atoms. The molecule has 2 amide bonds. The van der Waals surface area contributed by atoms with E-state index in [4.69, 9.17) is 9.84 Å². The van der Waals surface area contributed by atoms with Crippen LogP contribution in [0.5, 0.6) is 5.75 Å².